The molecule has 5 heteroatoms. The lowest BCUT2D eigenvalue weighted by atomic mass is 10.1. The number of hydrazone groups is 1. The van der Waals surface area contributed by atoms with Crippen molar-refractivity contribution < 1.29 is 9.00 Å². The van der Waals surface area contributed by atoms with E-state index < -0.39 is 10.8 Å². The number of rotatable bonds is 5. The molecule has 0 spiro atoms. The maximum atomic E-state index is 12.4. The minimum absolute atomic E-state index is 0.0128. The summed E-state index contributed by atoms with van der Waals surface area (Å²) in [4.78, 5) is 12.4. The molecule has 25 heavy (non-hydrogen) atoms. The second kappa shape index (κ2) is 7.74. The maximum Gasteiger partial charge on any atom is 0.255 e. The van der Waals surface area contributed by atoms with Gasteiger partial charge < -0.3 is 0 Å². The number of carbonyl (C=O) groups excluding carboxylic acids is 1. The van der Waals surface area contributed by atoms with Crippen LogP contribution in [0.3, 0.4) is 0 Å². The third kappa shape index (κ3) is 4.42. The van der Waals surface area contributed by atoms with Gasteiger partial charge in [0.25, 0.3) is 5.91 Å². The van der Waals surface area contributed by atoms with Crippen LogP contribution in [-0.2, 0) is 21.3 Å². The normalized spacial score (nSPS) is 15.1. The van der Waals surface area contributed by atoms with Crippen LogP contribution in [0.1, 0.15) is 28.7 Å². The number of hydrogen-bond acceptors (Lipinski definition) is 3. The molecule has 1 unspecified atom stereocenters. The summed E-state index contributed by atoms with van der Waals surface area (Å²) in [7, 11) is -1.23. The quantitative estimate of drug-likeness (QED) is 0.828. The lowest BCUT2D eigenvalue weighted by molar-refractivity contribution is -0.127. The Morgan fingerprint density at radius 3 is 2.68 bits per heavy atom. The number of hydrogen-bond donors (Lipinski definition) is 0. The Balaban J connectivity index is 1.62. The van der Waals surface area contributed by atoms with Gasteiger partial charge in [0.05, 0.1) is 12.3 Å². The van der Waals surface area contributed by atoms with E-state index in [1.807, 2.05) is 62.4 Å². The van der Waals surface area contributed by atoms with Crippen molar-refractivity contribution in [3.8, 4) is 0 Å². The first-order valence-corrected chi connectivity index (χ1v) is 9.86. The highest BCUT2D eigenvalue weighted by Crippen LogP contribution is 2.16. The van der Waals surface area contributed by atoms with E-state index in [1.54, 1.807) is 0 Å². The van der Waals surface area contributed by atoms with E-state index in [-0.39, 0.29) is 11.7 Å². The van der Waals surface area contributed by atoms with Gasteiger partial charge in [-0.2, -0.15) is 5.10 Å². The summed E-state index contributed by atoms with van der Waals surface area (Å²) in [6.45, 7) is 4.58. The molecule has 1 amide bonds. The van der Waals surface area contributed by atoms with Crippen molar-refractivity contribution in [1.82, 2.24) is 5.01 Å². The topological polar surface area (TPSA) is 49.7 Å². The Labute approximate surface area is 151 Å². The summed E-state index contributed by atoms with van der Waals surface area (Å²) in [5.41, 5.74) is 5.24. The van der Waals surface area contributed by atoms with Crippen molar-refractivity contribution in [1.29, 1.82) is 0 Å². The van der Waals surface area contributed by atoms with Crippen LogP contribution in [0.4, 0.5) is 0 Å². The van der Waals surface area contributed by atoms with Crippen LogP contribution >= 0.6 is 0 Å². The molecule has 3 rings (SSSR count). The number of nitrogens with zero attached hydrogens (tertiary/aromatic N) is 2. The number of benzene rings is 2. The molecular formula is C20H22N2O2S. The SMILES string of the molecule is Cc1ccc(C)c(CS(=O)CC(=O)N2CCC(c3ccccc3)=N2)c1. The molecule has 0 aliphatic carbocycles. The van der Waals surface area contributed by atoms with Crippen LogP contribution < -0.4 is 0 Å². The minimum atomic E-state index is -1.23. The molecule has 0 fully saturated rings. The second-order valence-electron chi connectivity index (χ2n) is 6.34. The predicted octanol–water partition coefficient (Wildman–Crippen LogP) is 3.19. The lowest BCUT2D eigenvalue weighted by Crippen LogP contribution is -2.28. The van der Waals surface area contributed by atoms with E-state index in [0.29, 0.717) is 12.3 Å². The fraction of sp³-hybridized carbons (Fsp3) is 0.300. The first-order valence-electron chi connectivity index (χ1n) is 8.37. The number of amides is 1. The molecule has 0 radical (unpaired) electrons. The molecule has 2 aromatic carbocycles. The zero-order chi connectivity index (χ0) is 17.8. The maximum absolute atomic E-state index is 12.4. The Hall–Kier alpha value is -2.27. The highest BCUT2D eigenvalue weighted by molar-refractivity contribution is 7.84. The summed E-state index contributed by atoms with van der Waals surface area (Å²) >= 11 is 0. The average molecular weight is 354 g/mol. The Bertz CT molecular complexity index is 831. The molecule has 130 valence electrons. The molecule has 2 aromatic rings. The standard InChI is InChI=1S/C20H22N2O2S/c1-15-8-9-16(2)18(12-15)13-25(24)14-20(23)22-11-10-19(21-22)17-6-4-3-5-7-17/h3-9,12H,10-11,13-14H2,1-2H3. The lowest BCUT2D eigenvalue weighted by Gasteiger charge is -2.12. The van der Waals surface area contributed by atoms with Gasteiger partial charge in [-0.25, -0.2) is 5.01 Å². The smallest absolute Gasteiger partial charge is 0.255 e. The molecule has 0 saturated carbocycles. The first-order chi connectivity index (χ1) is 12.0. The Morgan fingerprint density at radius 2 is 1.92 bits per heavy atom. The van der Waals surface area contributed by atoms with Crippen LogP contribution in [0.5, 0.6) is 0 Å². The largest absolute Gasteiger partial charge is 0.272 e. The molecule has 4 nitrogen and oxygen atoms in total. The van der Waals surface area contributed by atoms with Crippen LogP contribution in [0, 0.1) is 13.8 Å². The summed E-state index contributed by atoms with van der Waals surface area (Å²) in [6, 6.07) is 16.0. The van der Waals surface area contributed by atoms with Gasteiger partial charge in [0.15, 0.2) is 0 Å². The van der Waals surface area contributed by atoms with E-state index >= 15 is 0 Å². The predicted molar refractivity (Wildman–Crippen MR) is 102 cm³/mol. The van der Waals surface area contributed by atoms with Crippen molar-refractivity contribution in [2.24, 2.45) is 5.10 Å². The van der Waals surface area contributed by atoms with Gasteiger partial charge in [-0.15, -0.1) is 0 Å². The van der Waals surface area contributed by atoms with E-state index in [1.165, 1.54) is 5.01 Å². The third-order valence-corrected chi connectivity index (χ3v) is 5.50. The van der Waals surface area contributed by atoms with Crippen LogP contribution in [0.25, 0.3) is 0 Å². The molecule has 1 aliphatic rings. The molecule has 1 atom stereocenters. The summed E-state index contributed by atoms with van der Waals surface area (Å²) in [5.74, 6) is 0.246. The molecule has 1 heterocycles. The average Bonchev–Trinajstić information content (AvgIpc) is 3.09. The van der Waals surface area contributed by atoms with Gasteiger partial charge in [0.1, 0.15) is 5.75 Å². The van der Waals surface area contributed by atoms with Crippen molar-refractivity contribution in [2.45, 2.75) is 26.0 Å². The molecular weight excluding hydrogens is 332 g/mol. The van der Waals surface area contributed by atoms with E-state index in [4.69, 9.17) is 0 Å². The van der Waals surface area contributed by atoms with Gasteiger partial charge in [0, 0.05) is 23.0 Å². The van der Waals surface area contributed by atoms with Crippen LogP contribution in [-0.4, -0.2) is 33.1 Å². The van der Waals surface area contributed by atoms with Crippen molar-refractivity contribution in [2.75, 3.05) is 12.3 Å². The molecule has 0 saturated heterocycles. The van der Waals surface area contributed by atoms with Gasteiger partial charge in [-0.05, 0) is 30.5 Å². The summed E-state index contributed by atoms with van der Waals surface area (Å²) in [6.07, 6.45) is 0.735. The molecule has 0 bridgehead atoms. The third-order valence-electron chi connectivity index (χ3n) is 4.30. The summed E-state index contributed by atoms with van der Waals surface area (Å²) < 4.78 is 12.4. The van der Waals surface area contributed by atoms with E-state index in [2.05, 4.69) is 5.10 Å². The number of carbonyl (C=O) groups is 1. The fourth-order valence-electron chi connectivity index (χ4n) is 2.86. The zero-order valence-corrected chi connectivity index (χ0v) is 15.4. The van der Waals surface area contributed by atoms with Gasteiger partial charge in [-0.1, -0.05) is 54.1 Å². The Kier molecular flexibility index (Phi) is 5.43. The van der Waals surface area contributed by atoms with Gasteiger partial charge >= 0.3 is 0 Å². The van der Waals surface area contributed by atoms with Crippen molar-refractivity contribution in [3.05, 3.63) is 70.8 Å². The van der Waals surface area contributed by atoms with E-state index in [9.17, 15) is 9.00 Å². The summed E-state index contributed by atoms with van der Waals surface area (Å²) in [5, 5.41) is 5.88. The minimum Gasteiger partial charge on any atom is -0.272 e. The second-order valence-corrected chi connectivity index (χ2v) is 7.80. The zero-order valence-electron chi connectivity index (χ0n) is 14.6. The van der Waals surface area contributed by atoms with E-state index in [0.717, 1.165) is 34.4 Å². The van der Waals surface area contributed by atoms with Crippen molar-refractivity contribution in [3.63, 3.8) is 0 Å². The van der Waals surface area contributed by atoms with Crippen LogP contribution in [0.15, 0.2) is 53.6 Å². The number of aryl methyl sites for hydroxylation is 2. The molecule has 0 N–H and O–H groups in total. The highest BCUT2D eigenvalue weighted by atomic mass is 32.2. The first kappa shape index (κ1) is 17.5. The molecule has 0 aromatic heterocycles. The van der Waals surface area contributed by atoms with Crippen molar-refractivity contribution >= 4 is 22.4 Å². The molecule has 1 aliphatic heterocycles. The Morgan fingerprint density at radius 1 is 1.16 bits per heavy atom. The van der Waals surface area contributed by atoms with Crippen LogP contribution in [0.2, 0.25) is 0 Å². The van der Waals surface area contributed by atoms with Gasteiger partial charge in [-0.3, -0.25) is 9.00 Å². The highest BCUT2D eigenvalue weighted by Gasteiger charge is 2.23. The fourth-order valence-corrected chi connectivity index (χ4v) is 4.05. The monoisotopic (exact) mass is 354 g/mol. The van der Waals surface area contributed by atoms with Gasteiger partial charge in [0.2, 0.25) is 0 Å².